The molecule has 0 bridgehead atoms. The monoisotopic (exact) mass is 377 g/mol. The molecule has 2 heterocycles. The molecule has 26 heavy (non-hydrogen) atoms. The SMILES string of the molecule is CN(CC(=O)NCc1nnc2ccccn12)S(=O)(=O)c1ccc(F)cc1. The van der Waals surface area contributed by atoms with Crippen molar-refractivity contribution in [1.29, 1.82) is 0 Å². The Labute approximate surface area is 149 Å². The van der Waals surface area contributed by atoms with E-state index in [2.05, 4.69) is 15.5 Å². The Hall–Kier alpha value is -2.85. The second kappa shape index (κ2) is 7.18. The maximum Gasteiger partial charge on any atom is 0.243 e. The van der Waals surface area contributed by atoms with Gasteiger partial charge in [-0.2, -0.15) is 4.31 Å². The van der Waals surface area contributed by atoms with Crippen LogP contribution in [0.3, 0.4) is 0 Å². The molecule has 8 nitrogen and oxygen atoms in total. The number of rotatable bonds is 6. The first-order chi connectivity index (χ1) is 12.4. The van der Waals surface area contributed by atoms with Crippen LogP contribution in [0.5, 0.6) is 0 Å². The van der Waals surface area contributed by atoms with E-state index in [0.717, 1.165) is 28.6 Å². The lowest BCUT2D eigenvalue weighted by Gasteiger charge is -2.16. The third kappa shape index (κ3) is 3.70. The van der Waals surface area contributed by atoms with Gasteiger partial charge in [-0.25, -0.2) is 12.8 Å². The average molecular weight is 377 g/mol. The Balaban J connectivity index is 1.63. The van der Waals surface area contributed by atoms with Gasteiger partial charge in [-0.3, -0.25) is 9.20 Å². The number of aromatic nitrogens is 3. The Morgan fingerprint density at radius 2 is 1.92 bits per heavy atom. The zero-order valence-corrected chi connectivity index (χ0v) is 14.6. The quantitative estimate of drug-likeness (QED) is 0.686. The van der Waals surface area contributed by atoms with Gasteiger partial charge in [0.05, 0.1) is 18.0 Å². The van der Waals surface area contributed by atoms with Crippen molar-refractivity contribution in [1.82, 2.24) is 24.2 Å². The van der Waals surface area contributed by atoms with E-state index < -0.39 is 21.7 Å². The number of pyridine rings is 1. The Bertz CT molecular complexity index is 1030. The number of nitrogens with zero attached hydrogens (tertiary/aromatic N) is 4. The molecule has 0 fully saturated rings. The van der Waals surface area contributed by atoms with Gasteiger partial charge in [0.2, 0.25) is 15.9 Å². The maximum absolute atomic E-state index is 12.9. The van der Waals surface area contributed by atoms with Crippen molar-refractivity contribution in [2.45, 2.75) is 11.4 Å². The summed E-state index contributed by atoms with van der Waals surface area (Å²) >= 11 is 0. The van der Waals surface area contributed by atoms with Gasteiger partial charge < -0.3 is 5.32 Å². The summed E-state index contributed by atoms with van der Waals surface area (Å²) < 4.78 is 40.3. The van der Waals surface area contributed by atoms with E-state index in [1.165, 1.54) is 7.05 Å². The lowest BCUT2D eigenvalue weighted by atomic mass is 10.4. The summed E-state index contributed by atoms with van der Waals surface area (Å²) in [5.41, 5.74) is 0.646. The summed E-state index contributed by atoms with van der Waals surface area (Å²) in [6.45, 7) is -0.273. The van der Waals surface area contributed by atoms with Crippen LogP contribution < -0.4 is 5.32 Å². The second-order valence-electron chi connectivity index (χ2n) is 5.54. The third-order valence-corrected chi connectivity index (χ3v) is 5.53. The Morgan fingerprint density at radius 1 is 1.19 bits per heavy atom. The van der Waals surface area contributed by atoms with Crippen molar-refractivity contribution in [2.24, 2.45) is 0 Å². The van der Waals surface area contributed by atoms with Crippen molar-refractivity contribution in [3.05, 3.63) is 60.3 Å². The molecule has 136 valence electrons. The first-order valence-electron chi connectivity index (χ1n) is 7.65. The molecule has 0 atom stereocenters. The number of nitrogens with one attached hydrogen (secondary N) is 1. The first kappa shape index (κ1) is 18.0. The molecule has 1 N–H and O–H groups in total. The molecule has 0 radical (unpaired) electrons. The number of halogens is 1. The molecular weight excluding hydrogens is 361 g/mol. The van der Waals surface area contributed by atoms with Gasteiger partial charge in [0.25, 0.3) is 0 Å². The largest absolute Gasteiger partial charge is 0.348 e. The molecule has 0 spiro atoms. The summed E-state index contributed by atoms with van der Waals surface area (Å²) in [5.74, 6) is -0.506. The highest BCUT2D eigenvalue weighted by atomic mass is 32.2. The van der Waals surface area contributed by atoms with Gasteiger partial charge in [-0.15, -0.1) is 10.2 Å². The van der Waals surface area contributed by atoms with Gasteiger partial charge in [0.1, 0.15) is 5.82 Å². The molecule has 0 saturated heterocycles. The molecular formula is C16H16FN5O3S. The molecule has 10 heteroatoms. The molecule has 3 aromatic rings. The van der Waals surface area contributed by atoms with Crippen molar-refractivity contribution in [3.8, 4) is 0 Å². The molecule has 3 rings (SSSR count). The molecule has 1 amide bonds. The zero-order chi connectivity index (χ0) is 18.7. The fourth-order valence-corrected chi connectivity index (χ4v) is 3.45. The number of hydrogen-bond donors (Lipinski definition) is 1. The highest BCUT2D eigenvalue weighted by Gasteiger charge is 2.23. The Kier molecular flexibility index (Phi) is 4.96. The molecule has 1 aromatic carbocycles. The van der Waals surface area contributed by atoms with E-state index in [0.29, 0.717) is 11.5 Å². The summed E-state index contributed by atoms with van der Waals surface area (Å²) in [5, 5.41) is 10.6. The number of hydrogen-bond acceptors (Lipinski definition) is 5. The number of likely N-dealkylation sites (N-methyl/N-ethyl adjacent to an activating group) is 1. The number of benzene rings is 1. The summed E-state index contributed by atoms with van der Waals surface area (Å²) in [4.78, 5) is 12.0. The summed E-state index contributed by atoms with van der Waals surface area (Å²) in [7, 11) is -2.60. The lowest BCUT2D eigenvalue weighted by molar-refractivity contribution is -0.121. The zero-order valence-electron chi connectivity index (χ0n) is 13.8. The van der Waals surface area contributed by atoms with E-state index in [-0.39, 0.29) is 18.0 Å². The smallest absolute Gasteiger partial charge is 0.243 e. The van der Waals surface area contributed by atoms with Gasteiger partial charge in [-0.05, 0) is 36.4 Å². The van der Waals surface area contributed by atoms with E-state index >= 15 is 0 Å². The van der Waals surface area contributed by atoms with Crippen LogP contribution in [0, 0.1) is 5.82 Å². The lowest BCUT2D eigenvalue weighted by Crippen LogP contribution is -2.38. The Morgan fingerprint density at radius 3 is 2.65 bits per heavy atom. The van der Waals surface area contributed by atoms with Crippen LogP contribution in [0.25, 0.3) is 5.65 Å². The minimum absolute atomic E-state index is 0.0855. The topological polar surface area (TPSA) is 96.7 Å². The predicted octanol–water partition coefficient (Wildman–Crippen LogP) is 0.805. The van der Waals surface area contributed by atoms with Gasteiger partial charge >= 0.3 is 0 Å². The van der Waals surface area contributed by atoms with E-state index in [1.54, 1.807) is 16.7 Å². The first-order valence-corrected chi connectivity index (χ1v) is 9.09. The van der Waals surface area contributed by atoms with Crippen LogP contribution in [0.4, 0.5) is 4.39 Å². The van der Waals surface area contributed by atoms with Crippen LogP contribution in [0.1, 0.15) is 5.82 Å². The molecule has 2 aromatic heterocycles. The van der Waals surface area contributed by atoms with Crippen molar-refractivity contribution in [3.63, 3.8) is 0 Å². The number of fused-ring (bicyclic) bond motifs is 1. The third-order valence-electron chi connectivity index (χ3n) is 3.72. The van der Waals surface area contributed by atoms with Crippen molar-refractivity contribution < 1.29 is 17.6 Å². The van der Waals surface area contributed by atoms with Gasteiger partial charge in [0, 0.05) is 13.2 Å². The fraction of sp³-hybridized carbons (Fsp3) is 0.188. The van der Waals surface area contributed by atoms with E-state index in [4.69, 9.17) is 0 Å². The highest BCUT2D eigenvalue weighted by Crippen LogP contribution is 2.14. The van der Waals surface area contributed by atoms with E-state index in [1.807, 2.05) is 12.1 Å². The molecule has 0 aliphatic heterocycles. The summed E-state index contributed by atoms with van der Waals surface area (Å²) in [6.07, 6.45) is 1.77. The number of carbonyl (C=O) groups is 1. The van der Waals surface area contributed by atoms with Crippen LogP contribution in [0.2, 0.25) is 0 Å². The normalized spacial score (nSPS) is 11.8. The standard InChI is InChI=1S/C16H16FN5O3S/c1-21(26(24,25)13-7-5-12(17)6-8-13)11-16(23)18-10-15-20-19-14-4-2-3-9-22(14)15/h2-9H,10-11H2,1H3,(H,18,23). The molecule has 0 aliphatic rings. The van der Waals surface area contributed by atoms with Gasteiger partial charge in [0.15, 0.2) is 11.5 Å². The van der Waals surface area contributed by atoms with Crippen LogP contribution in [-0.2, 0) is 21.4 Å². The predicted molar refractivity (Wildman–Crippen MR) is 91.0 cm³/mol. The molecule has 0 aliphatic carbocycles. The fourth-order valence-electron chi connectivity index (χ4n) is 2.32. The molecule has 0 unspecified atom stereocenters. The van der Waals surface area contributed by atoms with Crippen molar-refractivity contribution >= 4 is 21.6 Å². The average Bonchev–Trinajstić information content (AvgIpc) is 3.03. The van der Waals surface area contributed by atoms with E-state index in [9.17, 15) is 17.6 Å². The minimum atomic E-state index is -3.88. The molecule has 0 saturated carbocycles. The van der Waals surface area contributed by atoms with Crippen LogP contribution in [-0.4, -0.2) is 46.8 Å². The van der Waals surface area contributed by atoms with Crippen LogP contribution in [0.15, 0.2) is 53.6 Å². The number of carbonyl (C=O) groups excluding carboxylic acids is 1. The highest BCUT2D eigenvalue weighted by molar-refractivity contribution is 7.89. The van der Waals surface area contributed by atoms with Crippen molar-refractivity contribution in [2.75, 3.05) is 13.6 Å². The second-order valence-corrected chi connectivity index (χ2v) is 7.58. The number of amides is 1. The van der Waals surface area contributed by atoms with Crippen LogP contribution >= 0.6 is 0 Å². The summed E-state index contributed by atoms with van der Waals surface area (Å²) in [6, 6.07) is 9.82. The maximum atomic E-state index is 12.9. The van der Waals surface area contributed by atoms with Gasteiger partial charge in [-0.1, -0.05) is 6.07 Å². The number of sulfonamides is 1. The minimum Gasteiger partial charge on any atom is -0.348 e.